The smallest absolute Gasteiger partial charge is 0.129 e. The molecule has 0 unspecified atom stereocenters. The topological polar surface area (TPSA) is 9.23 Å². The van der Waals surface area contributed by atoms with Gasteiger partial charge in [-0.15, -0.1) is 11.8 Å². The number of aryl methyl sites for hydroxylation is 1. The van der Waals surface area contributed by atoms with E-state index in [1.54, 1.807) is 0 Å². The molecule has 0 amide bonds. The molecule has 148 valence electrons. The Morgan fingerprint density at radius 3 is 2.61 bits per heavy atom. The summed E-state index contributed by atoms with van der Waals surface area (Å²) in [7, 11) is 0. The molecule has 1 spiro atoms. The van der Waals surface area contributed by atoms with Crippen LogP contribution in [0, 0.1) is 16.7 Å². The van der Waals surface area contributed by atoms with Crippen LogP contribution in [0.3, 0.4) is 0 Å². The molecule has 2 aromatic rings. The van der Waals surface area contributed by atoms with E-state index in [0.29, 0.717) is 16.9 Å². The first-order valence-corrected chi connectivity index (χ1v) is 12.5. The van der Waals surface area contributed by atoms with Crippen molar-refractivity contribution in [3.05, 3.63) is 59.7 Å². The summed E-state index contributed by atoms with van der Waals surface area (Å²) in [5.74, 6) is 2.09. The van der Waals surface area contributed by atoms with Crippen LogP contribution in [0.4, 0.5) is 0 Å². The number of hydrogen-bond acceptors (Lipinski definition) is 3. The maximum Gasteiger partial charge on any atom is 0.129 e. The summed E-state index contributed by atoms with van der Waals surface area (Å²) >= 11 is 3.95. The predicted octanol–water partition coefficient (Wildman–Crippen LogP) is 7.36. The maximum atomic E-state index is 6.84. The maximum absolute atomic E-state index is 6.84. The highest BCUT2D eigenvalue weighted by molar-refractivity contribution is 8.00. The fourth-order valence-electron chi connectivity index (χ4n) is 5.89. The average Bonchev–Trinajstić information content (AvgIpc) is 3.09. The third-order valence-corrected chi connectivity index (χ3v) is 10.4. The number of fused-ring (bicyclic) bond motifs is 1. The normalized spacial score (nSPS) is 33.0. The lowest BCUT2D eigenvalue weighted by Crippen LogP contribution is -2.45. The average molecular weight is 411 g/mol. The van der Waals surface area contributed by atoms with Crippen LogP contribution >= 0.6 is 23.5 Å². The molecule has 3 aliphatic rings. The van der Waals surface area contributed by atoms with Crippen molar-refractivity contribution in [3.8, 4) is 0 Å². The number of hydrogen-bond donors (Lipinski definition) is 0. The lowest BCUT2D eigenvalue weighted by molar-refractivity contribution is -0.0676. The fraction of sp³-hybridized carbons (Fsp3) is 0.520. The Labute approximate surface area is 178 Å². The van der Waals surface area contributed by atoms with E-state index in [0.717, 1.165) is 12.3 Å². The minimum absolute atomic E-state index is 0.170. The molecule has 3 fully saturated rings. The summed E-state index contributed by atoms with van der Waals surface area (Å²) in [6, 6.07) is 17.7. The van der Waals surface area contributed by atoms with Gasteiger partial charge in [0, 0.05) is 26.5 Å². The first-order chi connectivity index (χ1) is 13.5. The van der Waals surface area contributed by atoms with E-state index >= 15 is 0 Å². The molecule has 5 rings (SSSR count). The van der Waals surface area contributed by atoms with Gasteiger partial charge < -0.3 is 4.74 Å². The van der Waals surface area contributed by atoms with Crippen LogP contribution in [0.5, 0.6) is 0 Å². The van der Waals surface area contributed by atoms with Gasteiger partial charge in [-0.25, -0.2) is 0 Å². The quantitative estimate of drug-likeness (QED) is 0.521. The molecule has 2 aliphatic carbocycles. The molecule has 3 heteroatoms. The van der Waals surface area contributed by atoms with E-state index < -0.39 is 0 Å². The van der Waals surface area contributed by atoms with Crippen molar-refractivity contribution in [1.82, 2.24) is 0 Å². The van der Waals surface area contributed by atoms with E-state index in [2.05, 4.69) is 69.3 Å². The van der Waals surface area contributed by atoms with Gasteiger partial charge >= 0.3 is 0 Å². The molecule has 0 radical (unpaired) electrons. The van der Waals surface area contributed by atoms with Gasteiger partial charge in [-0.2, -0.15) is 0 Å². The van der Waals surface area contributed by atoms with E-state index in [4.69, 9.17) is 4.74 Å². The third-order valence-electron chi connectivity index (χ3n) is 7.88. The molecule has 1 heterocycles. The second-order valence-corrected chi connectivity index (χ2v) is 11.4. The van der Waals surface area contributed by atoms with E-state index in [1.165, 1.54) is 45.9 Å². The molecule has 0 N–H and O–H groups in total. The summed E-state index contributed by atoms with van der Waals surface area (Å²) < 4.78 is 6.84. The monoisotopic (exact) mass is 410 g/mol. The lowest BCUT2D eigenvalue weighted by atomic mass is 9.69. The van der Waals surface area contributed by atoms with E-state index in [9.17, 15) is 0 Å². The molecule has 1 saturated heterocycles. The van der Waals surface area contributed by atoms with Gasteiger partial charge in [0.05, 0.1) is 6.10 Å². The van der Waals surface area contributed by atoms with Crippen LogP contribution in [-0.4, -0.2) is 11.9 Å². The Morgan fingerprint density at radius 2 is 1.82 bits per heavy atom. The van der Waals surface area contributed by atoms with E-state index in [1.807, 2.05) is 23.5 Å². The van der Waals surface area contributed by atoms with Crippen molar-refractivity contribution in [3.63, 3.8) is 0 Å². The van der Waals surface area contributed by atoms with Crippen molar-refractivity contribution in [1.29, 1.82) is 0 Å². The Morgan fingerprint density at radius 1 is 1.07 bits per heavy atom. The Balaban J connectivity index is 1.42. The molecule has 1 nitrogen and oxygen atoms in total. The van der Waals surface area contributed by atoms with Gasteiger partial charge in [0.15, 0.2) is 0 Å². The van der Waals surface area contributed by atoms with Gasteiger partial charge in [0.2, 0.25) is 0 Å². The highest BCUT2D eigenvalue weighted by Crippen LogP contribution is 2.70. The Hall–Kier alpha value is -0.900. The van der Waals surface area contributed by atoms with Gasteiger partial charge in [-0.3, -0.25) is 0 Å². The first-order valence-electron chi connectivity index (χ1n) is 10.7. The zero-order valence-corrected chi connectivity index (χ0v) is 18.7. The Kier molecular flexibility index (Phi) is 4.84. The molecule has 0 aromatic heterocycles. The molecule has 4 atom stereocenters. The summed E-state index contributed by atoms with van der Waals surface area (Å²) in [4.78, 5) is 2.72. The zero-order chi connectivity index (χ0) is 19.4. The SMILES string of the molecule is CCc1ccccc1Sc1ccccc1[C@@H]1O[C@@H]2C[C@H]3CC[C@]2(CS1)C3(C)C. The summed E-state index contributed by atoms with van der Waals surface area (Å²) in [6.07, 6.45) is 5.53. The molecular weight excluding hydrogens is 380 g/mol. The van der Waals surface area contributed by atoms with Crippen LogP contribution in [0.15, 0.2) is 58.3 Å². The van der Waals surface area contributed by atoms with Crippen LogP contribution in [0.1, 0.15) is 56.6 Å². The fourth-order valence-corrected chi connectivity index (χ4v) is 8.88. The van der Waals surface area contributed by atoms with Gasteiger partial charge in [-0.05, 0) is 54.7 Å². The highest BCUT2D eigenvalue weighted by atomic mass is 32.2. The number of thioether (sulfide) groups is 1. The van der Waals surface area contributed by atoms with Gasteiger partial charge in [0.25, 0.3) is 0 Å². The minimum atomic E-state index is 0.170. The summed E-state index contributed by atoms with van der Waals surface area (Å²) in [5.41, 5.74) is 3.79. The second-order valence-electron chi connectivity index (χ2n) is 9.22. The molecular formula is C25H30OS2. The number of benzene rings is 2. The van der Waals surface area contributed by atoms with Crippen molar-refractivity contribution < 1.29 is 4.74 Å². The number of ether oxygens (including phenoxy) is 1. The Bertz CT molecular complexity index is 876. The summed E-state index contributed by atoms with van der Waals surface area (Å²) in [5, 5.41) is 0. The van der Waals surface area contributed by atoms with Crippen LogP contribution in [0.2, 0.25) is 0 Å². The van der Waals surface area contributed by atoms with Crippen LogP contribution in [0.25, 0.3) is 0 Å². The summed E-state index contributed by atoms with van der Waals surface area (Å²) in [6.45, 7) is 7.24. The number of rotatable bonds is 4. The largest absolute Gasteiger partial charge is 0.359 e. The van der Waals surface area contributed by atoms with Gasteiger partial charge in [-0.1, -0.05) is 68.9 Å². The minimum Gasteiger partial charge on any atom is -0.359 e. The van der Waals surface area contributed by atoms with Crippen molar-refractivity contribution >= 4 is 23.5 Å². The first kappa shape index (κ1) is 19.1. The van der Waals surface area contributed by atoms with Crippen molar-refractivity contribution in [2.75, 3.05) is 5.75 Å². The molecule has 1 aliphatic heterocycles. The molecule has 2 saturated carbocycles. The molecule has 28 heavy (non-hydrogen) atoms. The van der Waals surface area contributed by atoms with Gasteiger partial charge in [0.1, 0.15) is 5.44 Å². The predicted molar refractivity (Wildman–Crippen MR) is 120 cm³/mol. The van der Waals surface area contributed by atoms with Crippen molar-refractivity contribution in [2.45, 2.75) is 67.8 Å². The second kappa shape index (κ2) is 7.11. The molecule has 2 bridgehead atoms. The van der Waals surface area contributed by atoms with Crippen molar-refractivity contribution in [2.24, 2.45) is 16.7 Å². The lowest BCUT2D eigenvalue weighted by Gasteiger charge is -2.47. The molecule has 2 aromatic carbocycles. The van der Waals surface area contributed by atoms with Crippen LogP contribution in [-0.2, 0) is 11.2 Å². The highest BCUT2D eigenvalue weighted by Gasteiger charge is 2.66. The standard InChI is InChI=1S/C25H30OS2/c1-4-17-9-5-7-11-20(17)28-21-12-8-6-10-19(21)23-26-22-15-18-13-14-25(22,16-27-23)24(18,2)3/h5-12,18,22-23H,4,13-16H2,1-3H3/t18-,22-,23-,25-/m1/s1. The van der Waals surface area contributed by atoms with E-state index in [-0.39, 0.29) is 5.44 Å². The third kappa shape index (κ3) is 2.80. The zero-order valence-electron chi connectivity index (χ0n) is 17.1. The van der Waals surface area contributed by atoms with Crippen LogP contribution < -0.4 is 0 Å².